The maximum Gasteiger partial charge on any atom is 0.433 e. The predicted molar refractivity (Wildman–Crippen MR) is 97.8 cm³/mol. The predicted octanol–water partition coefficient (Wildman–Crippen LogP) is 2.74. The topological polar surface area (TPSA) is 73.0 Å². The third-order valence-electron chi connectivity index (χ3n) is 5.83. The number of fused-ring (bicyclic) bond motifs is 1. The Labute approximate surface area is 181 Å². The zero-order valence-corrected chi connectivity index (χ0v) is 16.9. The normalized spacial score (nSPS) is 23.6. The summed E-state index contributed by atoms with van der Waals surface area (Å²) in [6.45, 7) is -0.581. The van der Waals surface area contributed by atoms with Crippen LogP contribution in [0.4, 0.5) is 30.7 Å². The van der Waals surface area contributed by atoms with Gasteiger partial charge in [-0.05, 0) is 24.5 Å². The molecular formula is C19H18F7N5O2. The molecule has 1 unspecified atom stereocenters. The molecule has 0 saturated carbocycles. The number of amides is 1. The highest BCUT2D eigenvalue weighted by Gasteiger charge is 2.48. The Morgan fingerprint density at radius 3 is 2.42 bits per heavy atom. The number of likely N-dealkylation sites (tertiary alicyclic amines) is 1. The highest BCUT2D eigenvalue weighted by atomic mass is 19.4. The van der Waals surface area contributed by atoms with Crippen molar-refractivity contribution in [3.63, 3.8) is 0 Å². The fourth-order valence-electron chi connectivity index (χ4n) is 4.15. The molecule has 1 fully saturated rings. The monoisotopic (exact) mass is 481 g/mol. The van der Waals surface area contributed by atoms with Crippen LogP contribution in [-0.2, 0) is 23.9 Å². The first-order valence-electron chi connectivity index (χ1n) is 10.0. The van der Waals surface area contributed by atoms with E-state index in [1.807, 2.05) is 0 Å². The molecule has 7 nitrogen and oxygen atoms in total. The molecule has 1 amide bonds. The van der Waals surface area contributed by atoms with Gasteiger partial charge < -0.3 is 4.90 Å². The van der Waals surface area contributed by atoms with Gasteiger partial charge in [-0.25, -0.2) is 13.9 Å². The molecule has 0 spiro atoms. The van der Waals surface area contributed by atoms with Crippen LogP contribution in [0, 0.1) is 5.92 Å². The molecule has 2 aromatic rings. The van der Waals surface area contributed by atoms with Gasteiger partial charge in [-0.15, -0.1) is 0 Å². The van der Waals surface area contributed by atoms with Crippen LogP contribution < -0.4 is 5.69 Å². The number of hydrogen-bond donors (Lipinski definition) is 0. The first kappa shape index (κ1) is 23.2. The zero-order chi connectivity index (χ0) is 24.1. The lowest BCUT2D eigenvalue weighted by atomic mass is 9.91. The van der Waals surface area contributed by atoms with Crippen molar-refractivity contribution in [1.82, 2.24) is 24.2 Å². The summed E-state index contributed by atoms with van der Waals surface area (Å²) in [4.78, 5) is 30.2. The molecule has 1 saturated heterocycles. The zero-order valence-electron chi connectivity index (χ0n) is 16.9. The van der Waals surface area contributed by atoms with Gasteiger partial charge in [0.2, 0.25) is 5.91 Å². The number of halogens is 7. The van der Waals surface area contributed by atoms with Gasteiger partial charge in [-0.2, -0.15) is 31.4 Å². The van der Waals surface area contributed by atoms with E-state index in [2.05, 4.69) is 10.1 Å². The highest BCUT2D eigenvalue weighted by molar-refractivity contribution is 5.81. The average molecular weight is 481 g/mol. The maximum absolute atomic E-state index is 13.6. The van der Waals surface area contributed by atoms with Crippen LogP contribution in [0.1, 0.15) is 36.0 Å². The molecule has 0 radical (unpaired) electrons. The fourth-order valence-corrected chi connectivity index (χ4v) is 4.15. The Morgan fingerprint density at radius 2 is 1.88 bits per heavy atom. The molecule has 2 aromatic heterocycles. The summed E-state index contributed by atoms with van der Waals surface area (Å²) in [5.41, 5.74) is -1.85. The minimum absolute atomic E-state index is 0.0304. The van der Waals surface area contributed by atoms with Gasteiger partial charge in [0.15, 0.2) is 0 Å². The van der Waals surface area contributed by atoms with Crippen molar-refractivity contribution >= 4 is 5.91 Å². The second-order valence-electron chi connectivity index (χ2n) is 8.14. The number of rotatable bonds is 3. The highest BCUT2D eigenvalue weighted by Crippen LogP contribution is 2.39. The first-order chi connectivity index (χ1) is 15.3. The lowest BCUT2D eigenvalue weighted by molar-refractivity contribution is -0.183. The van der Waals surface area contributed by atoms with Crippen molar-refractivity contribution in [1.29, 1.82) is 0 Å². The molecule has 0 bridgehead atoms. The van der Waals surface area contributed by atoms with Gasteiger partial charge in [0, 0.05) is 19.2 Å². The molecule has 0 N–H and O–H groups in total. The summed E-state index contributed by atoms with van der Waals surface area (Å²) >= 11 is 0. The Kier molecular flexibility index (Phi) is 5.73. The van der Waals surface area contributed by atoms with Crippen molar-refractivity contribution in [3.05, 3.63) is 45.9 Å². The standard InChI is InChI=1S/C19H18F7N5O2/c20-12-3-4-29(9-12)16(32)13-5-11(18(21,22)23)6-15-28-30(17(33)31(13)15)8-10-1-2-14(27-7-10)19(24,25)26/h1-2,7,11-13H,3-6,8-9H2/t11?,12-,13-/m0/s1. The number of carbonyl (C=O) groups excluding carboxylic acids is 1. The molecule has 2 aliphatic heterocycles. The maximum atomic E-state index is 13.6. The minimum atomic E-state index is -4.66. The number of aromatic nitrogens is 4. The largest absolute Gasteiger partial charge is 0.433 e. The molecule has 0 aliphatic carbocycles. The summed E-state index contributed by atoms with van der Waals surface area (Å²) in [6, 6.07) is 0.286. The minimum Gasteiger partial charge on any atom is -0.338 e. The van der Waals surface area contributed by atoms with Crippen molar-refractivity contribution in [2.24, 2.45) is 5.92 Å². The first-order valence-corrected chi connectivity index (χ1v) is 10.0. The fraction of sp³-hybridized carbons (Fsp3) is 0.579. The SMILES string of the molecule is O=C([C@@H]1CC(C(F)(F)F)Cc2nn(Cc3ccc(C(F)(F)F)nc3)c(=O)n21)N1CC[C@H](F)C1. The second-order valence-corrected chi connectivity index (χ2v) is 8.14. The van der Waals surface area contributed by atoms with Crippen molar-refractivity contribution in [2.75, 3.05) is 13.1 Å². The van der Waals surface area contributed by atoms with E-state index in [4.69, 9.17) is 0 Å². The summed E-state index contributed by atoms with van der Waals surface area (Å²) in [6.07, 6.45) is -11.0. The molecule has 0 aromatic carbocycles. The quantitative estimate of drug-likeness (QED) is 0.633. The second kappa shape index (κ2) is 8.13. The third-order valence-corrected chi connectivity index (χ3v) is 5.83. The Balaban J connectivity index is 1.66. The average Bonchev–Trinajstić information content (AvgIpc) is 3.29. The number of carbonyl (C=O) groups is 1. The van der Waals surface area contributed by atoms with Crippen LogP contribution in [0.3, 0.4) is 0 Å². The summed E-state index contributed by atoms with van der Waals surface area (Å²) in [5.74, 6) is -2.98. The van der Waals surface area contributed by atoms with E-state index < -0.39 is 60.6 Å². The van der Waals surface area contributed by atoms with Crippen molar-refractivity contribution in [3.8, 4) is 0 Å². The van der Waals surface area contributed by atoms with E-state index in [0.717, 1.165) is 26.4 Å². The Morgan fingerprint density at radius 1 is 1.15 bits per heavy atom. The number of alkyl halides is 7. The number of nitrogens with zero attached hydrogens (tertiary/aromatic N) is 5. The molecule has 2 aliphatic rings. The smallest absolute Gasteiger partial charge is 0.338 e. The van der Waals surface area contributed by atoms with Gasteiger partial charge in [-0.3, -0.25) is 14.3 Å². The summed E-state index contributed by atoms with van der Waals surface area (Å²) < 4.78 is 93.8. The van der Waals surface area contributed by atoms with Crippen LogP contribution in [0.5, 0.6) is 0 Å². The van der Waals surface area contributed by atoms with E-state index in [-0.39, 0.29) is 37.4 Å². The molecule has 4 heterocycles. The van der Waals surface area contributed by atoms with Crippen molar-refractivity contribution < 1.29 is 35.5 Å². The van der Waals surface area contributed by atoms with Gasteiger partial charge >= 0.3 is 18.0 Å². The van der Waals surface area contributed by atoms with Crippen LogP contribution in [-0.4, -0.2) is 55.6 Å². The number of pyridine rings is 1. The molecule has 4 rings (SSSR count). The Bertz CT molecular complexity index is 1090. The number of hydrogen-bond acceptors (Lipinski definition) is 4. The van der Waals surface area contributed by atoms with Crippen LogP contribution in [0.15, 0.2) is 23.1 Å². The molecule has 3 atom stereocenters. The Hall–Kier alpha value is -2.93. The van der Waals surface area contributed by atoms with Gasteiger partial charge in [0.1, 0.15) is 23.7 Å². The summed E-state index contributed by atoms with van der Waals surface area (Å²) in [5, 5.41) is 3.93. The molecule has 14 heteroatoms. The van der Waals surface area contributed by atoms with Gasteiger partial charge in [0.05, 0.1) is 19.0 Å². The van der Waals surface area contributed by atoms with Crippen LogP contribution in [0.25, 0.3) is 0 Å². The van der Waals surface area contributed by atoms with E-state index in [9.17, 15) is 40.3 Å². The van der Waals surface area contributed by atoms with E-state index in [1.165, 1.54) is 0 Å². The molecule has 33 heavy (non-hydrogen) atoms. The van der Waals surface area contributed by atoms with Gasteiger partial charge in [0.25, 0.3) is 0 Å². The third kappa shape index (κ3) is 4.60. The van der Waals surface area contributed by atoms with Crippen molar-refractivity contribution in [2.45, 2.75) is 50.4 Å². The van der Waals surface area contributed by atoms with Crippen LogP contribution >= 0.6 is 0 Å². The van der Waals surface area contributed by atoms with E-state index in [0.29, 0.717) is 6.07 Å². The lowest BCUT2D eigenvalue weighted by Crippen LogP contribution is -2.45. The summed E-state index contributed by atoms with van der Waals surface area (Å²) in [7, 11) is 0. The molecular weight excluding hydrogens is 463 g/mol. The molecule has 180 valence electrons. The van der Waals surface area contributed by atoms with Gasteiger partial charge in [-0.1, -0.05) is 6.07 Å². The van der Waals surface area contributed by atoms with Crippen LogP contribution in [0.2, 0.25) is 0 Å². The van der Waals surface area contributed by atoms with E-state index >= 15 is 0 Å². The van der Waals surface area contributed by atoms with E-state index in [1.54, 1.807) is 0 Å². The lowest BCUT2D eigenvalue weighted by Gasteiger charge is -2.32.